The number of amides is 1. The maximum Gasteiger partial charge on any atom is 0.410 e. The van der Waals surface area contributed by atoms with Gasteiger partial charge in [0.15, 0.2) is 0 Å². The molecule has 1 aliphatic heterocycles. The highest BCUT2D eigenvalue weighted by Gasteiger charge is 2.27. The molecule has 0 bridgehead atoms. The van der Waals surface area contributed by atoms with Gasteiger partial charge in [-0.3, -0.25) is 4.98 Å². The van der Waals surface area contributed by atoms with Crippen LogP contribution in [-0.2, 0) is 11.3 Å². The van der Waals surface area contributed by atoms with Crippen LogP contribution < -0.4 is 0 Å². The molecule has 4 heterocycles. The monoisotopic (exact) mass is 458 g/mol. The van der Waals surface area contributed by atoms with Crippen LogP contribution in [0.5, 0.6) is 0 Å². The summed E-state index contributed by atoms with van der Waals surface area (Å²) in [7, 11) is 0. The lowest BCUT2D eigenvalue weighted by Gasteiger charge is -2.33. The van der Waals surface area contributed by atoms with Crippen LogP contribution in [-0.4, -0.2) is 54.0 Å². The van der Waals surface area contributed by atoms with E-state index in [1.165, 1.54) is 11.9 Å². The summed E-state index contributed by atoms with van der Waals surface area (Å²) in [4.78, 5) is 22.9. The average Bonchev–Trinajstić information content (AvgIpc) is 3.49. The predicted octanol–water partition coefficient (Wildman–Crippen LogP) is 4.78. The van der Waals surface area contributed by atoms with Gasteiger partial charge < -0.3 is 14.2 Å². The lowest BCUT2D eigenvalue weighted by Crippen LogP contribution is -2.41. The number of carbonyl (C=O) groups is 1. The van der Waals surface area contributed by atoms with Gasteiger partial charge in [-0.05, 0) is 75.4 Å². The fourth-order valence-electron chi connectivity index (χ4n) is 4.48. The summed E-state index contributed by atoms with van der Waals surface area (Å²) >= 11 is 0. The zero-order valence-corrected chi connectivity index (χ0v) is 19.9. The van der Waals surface area contributed by atoms with Crippen molar-refractivity contribution in [2.75, 3.05) is 13.1 Å². The van der Waals surface area contributed by atoms with Crippen LogP contribution >= 0.6 is 0 Å². The van der Waals surface area contributed by atoms with Crippen LogP contribution in [0, 0.1) is 0 Å². The third kappa shape index (κ3) is 4.81. The Labute approximate surface area is 199 Å². The first-order valence-electron chi connectivity index (χ1n) is 11.7. The normalized spacial score (nSPS) is 15.1. The lowest BCUT2D eigenvalue weighted by molar-refractivity contribution is 0.0205. The van der Waals surface area contributed by atoms with Gasteiger partial charge in [0.2, 0.25) is 0 Å². The van der Waals surface area contributed by atoms with E-state index in [9.17, 15) is 4.79 Å². The summed E-state index contributed by atoms with van der Waals surface area (Å²) in [6.07, 6.45) is 8.97. The Hall–Kier alpha value is -3.68. The Balaban J connectivity index is 1.21. The number of rotatable bonds is 4. The Morgan fingerprint density at radius 1 is 1.12 bits per heavy atom. The molecule has 0 spiro atoms. The quantitative estimate of drug-likeness (QED) is 0.440. The molecule has 176 valence electrons. The average molecular weight is 459 g/mol. The van der Waals surface area contributed by atoms with Crippen LogP contribution in [0.4, 0.5) is 4.79 Å². The second kappa shape index (κ2) is 8.93. The molecule has 0 saturated carbocycles. The molecule has 0 aliphatic carbocycles. The molecule has 8 nitrogen and oxygen atoms in total. The van der Waals surface area contributed by atoms with Gasteiger partial charge in [0.05, 0.1) is 17.9 Å². The van der Waals surface area contributed by atoms with E-state index in [1.807, 2.05) is 37.9 Å². The number of pyridine rings is 1. The minimum atomic E-state index is -0.460. The number of nitrogens with zero attached hydrogens (tertiary/aromatic N) is 6. The van der Waals surface area contributed by atoms with Crippen LogP contribution in [0.3, 0.4) is 0 Å². The van der Waals surface area contributed by atoms with Crippen molar-refractivity contribution in [3.05, 3.63) is 72.7 Å². The van der Waals surface area contributed by atoms with Gasteiger partial charge in [0.25, 0.3) is 0 Å². The van der Waals surface area contributed by atoms with Crippen LogP contribution in [0.2, 0.25) is 0 Å². The van der Waals surface area contributed by atoms with Gasteiger partial charge in [0.1, 0.15) is 18.3 Å². The molecule has 8 heteroatoms. The number of benzene rings is 1. The second-order valence-electron chi connectivity index (χ2n) is 9.85. The van der Waals surface area contributed by atoms with Crippen molar-refractivity contribution < 1.29 is 9.53 Å². The van der Waals surface area contributed by atoms with Crippen molar-refractivity contribution in [2.24, 2.45) is 0 Å². The number of hydrogen-bond acceptors (Lipinski definition) is 5. The number of fused-ring (bicyclic) bond motifs is 1. The fraction of sp³-hybridized carbons (Fsp3) is 0.385. The third-order valence-electron chi connectivity index (χ3n) is 6.24. The molecular weight excluding hydrogens is 428 g/mol. The second-order valence-corrected chi connectivity index (χ2v) is 9.85. The van der Waals surface area contributed by atoms with Gasteiger partial charge >= 0.3 is 6.09 Å². The Morgan fingerprint density at radius 3 is 2.62 bits per heavy atom. The Bertz CT molecular complexity index is 1260. The molecule has 3 aromatic heterocycles. The first kappa shape index (κ1) is 22.1. The van der Waals surface area contributed by atoms with E-state index in [4.69, 9.17) is 9.72 Å². The number of piperidine rings is 1. The zero-order valence-electron chi connectivity index (χ0n) is 19.9. The summed E-state index contributed by atoms with van der Waals surface area (Å²) in [6.45, 7) is 7.84. The molecule has 0 N–H and O–H groups in total. The number of hydrogen-bond donors (Lipinski definition) is 0. The predicted molar refractivity (Wildman–Crippen MR) is 130 cm³/mol. The zero-order chi connectivity index (χ0) is 23.7. The highest BCUT2D eigenvalue weighted by molar-refractivity contribution is 5.82. The first-order chi connectivity index (χ1) is 16.4. The number of ether oxygens (including phenoxy) is 1. The highest BCUT2D eigenvalue weighted by atomic mass is 16.6. The van der Waals surface area contributed by atoms with E-state index in [1.54, 1.807) is 11.0 Å². The number of aromatic nitrogens is 5. The Kier molecular flexibility index (Phi) is 5.81. The molecule has 1 fully saturated rings. The largest absolute Gasteiger partial charge is 0.444 e. The molecule has 1 saturated heterocycles. The van der Waals surface area contributed by atoms with Crippen LogP contribution in [0.15, 0.2) is 61.4 Å². The van der Waals surface area contributed by atoms with E-state index in [-0.39, 0.29) is 6.09 Å². The Morgan fingerprint density at radius 2 is 1.94 bits per heavy atom. The first-order valence-corrected chi connectivity index (χ1v) is 11.7. The summed E-state index contributed by atoms with van der Waals surface area (Å²) in [5, 5.41) is 5.36. The topological polar surface area (TPSA) is 78.1 Å². The minimum absolute atomic E-state index is 0.216. The van der Waals surface area contributed by atoms with Gasteiger partial charge in [-0.15, -0.1) is 0 Å². The maximum absolute atomic E-state index is 12.3. The summed E-state index contributed by atoms with van der Waals surface area (Å²) in [5.74, 6) is 0.419. The standard InChI is InChI=1S/C26H30N6O2/c1-26(2,3)34-25(33)30-11-8-19(9-12-30)21-4-5-22(28-15-21)16-31-13-10-20-14-23(6-7-24(20)31)32-18-27-17-29-32/h4-7,10,13-15,17-19H,8-9,11-12,16H2,1-3H3. The molecule has 0 unspecified atom stereocenters. The van der Waals surface area contributed by atoms with E-state index < -0.39 is 5.60 Å². The molecule has 4 aromatic rings. The SMILES string of the molecule is CC(C)(C)OC(=O)N1CCC(c2ccc(Cn3ccc4cc(-n5cncn5)ccc43)nc2)CC1. The van der Waals surface area contributed by atoms with E-state index in [0.717, 1.165) is 35.1 Å². The van der Waals surface area contributed by atoms with Crippen molar-refractivity contribution in [1.29, 1.82) is 0 Å². The van der Waals surface area contributed by atoms with Crippen molar-refractivity contribution >= 4 is 17.0 Å². The number of carbonyl (C=O) groups excluding carboxylic acids is 1. The third-order valence-corrected chi connectivity index (χ3v) is 6.24. The van der Waals surface area contributed by atoms with E-state index in [0.29, 0.717) is 25.6 Å². The van der Waals surface area contributed by atoms with Crippen LogP contribution in [0.1, 0.15) is 50.8 Å². The maximum atomic E-state index is 12.3. The van der Waals surface area contributed by atoms with Crippen LogP contribution in [0.25, 0.3) is 16.6 Å². The molecule has 1 amide bonds. The van der Waals surface area contributed by atoms with Gasteiger partial charge in [-0.1, -0.05) is 6.07 Å². The summed E-state index contributed by atoms with van der Waals surface area (Å²) in [6, 6.07) is 12.7. The highest BCUT2D eigenvalue weighted by Crippen LogP contribution is 2.29. The minimum Gasteiger partial charge on any atom is -0.444 e. The molecule has 34 heavy (non-hydrogen) atoms. The van der Waals surface area contributed by atoms with Gasteiger partial charge in [-0.2, -0.15) is 5.10 Å². The summed E-state index contributed by atoms with van der Waals surface area (Å²) in [5.41, 5.74) is 3.94. The van der Waals surface area contributed by atoms with E-state index in [2.05, 4.69) is 51.2 Å². The number of likely N-dealkylation sites (tertiary alicyclic amines) is 1. The molecule has 1 aromatic carbocycles. The molecule has 1 aliphatic rings. The fourth-order valence-corrected chi connectivity index (χ4v) is 4.48. The molecule has 5 rings (SSSR count). The summed E-state index contributed by atoms with van der Waals surface area (Å²) < 4.78 is 9.47. The van der Waals surface area contributed by atoms with Crippen molar-refractivity contribution in [3.8, 4) is 5.69 Å². The van der Waals surface area contributed by atoms with Gasteiger partial charge in [-0.25, -0.2) is 14.5 Å². The molecule has 0 atom stereocenters. The van der Waals surface area contributed by atoms with E-state index >= 15 is 0 Å². The van der Waals surface area contributed by atoms with Crippen molar-refractivity contribution in [1.82, 2.24) is 29.2 Å². The van der Waals surface area contributed by atoms with Crippen molar-refractivity contribution in [2.45, 2.75) is 51.7 Å². The lowest BCUT2D eigenvalue weighted by atomic mass is 9.90. The molecular formula is C26H30N6O2. The van der Waals surface area contributed by atoms with Crippen molar-refractivity contribution in [3.63, 3.8) is 0 Å². The van der Waals surface area contributed by atoms with Gasteiger partial charge in [0, 0.05) is 36.4 Å². The smallest absolute Gasteiger partial charge is 0.410 e. The molecule has 0 radical (unpaired) electrons.